The number of likely N-dealkylation sites (tertiary alicyclic amines) is 2. The van der Waals surface area contributed by atoms with Gasteiger partial charge in [-0.1, -0.05) is 6.07 Å². The van der Waals surface area contributed by atoms with Crippen molar-refractivity contribution in [1.29, 1.82) is 0 Å². The number of rotatable bonds is 5. The quantitative estimate of drug-likeness (QED) is 0.383. The van der Waals surface area contributed by atoms with E-state index in [1.54, 1.807) is 6.33 Å². The molecule has 2 aliphatic heterocycles. The minimum Gasteiger partial charge on any atom is -0.367 e. The third kappa shape index (κ3) is 5.01. The predicted molar refractivity (Wildman–Crippen MR) is 148 cm³/mol. The van der Waals surface area contributed by atoms with Crippen molar-refractivity contribution in [2.45, 2.75) is 31.7 Å². The summed E-state index contributed by atoms with van der Waals surface area (Å²) in [6, 6.07) is 10.6. The summed E-state index contributed by atoms with van der Waals surface area (Å²) < 4.78 is 0. The molecule has 2 fully saturated rings. The van der Waals surface area contributed by atoms with Crippen LogP contribution in [0.5, 0.6) is 0 Å². The highest BCUT2D eigenvalue weighted by Crippen LogP contribution is 2.32. The molecule has 37 heavy (non-hydrogen) atoms. The van der Waals surface area contributed by atoms with Gasteiger partial charge in [0.05, 0.1) is 5.52 Å². The van der Waals surface area contributed by atoms with E-state index < -0.39 is 0 Å². The minimum absolute atomic E-state index is 0.0463. The van der Waals surface area contributed by atoms with Crippen molar-refractivity contribution >= 4 is 39.5 Å². The Kier molecular flexibility index (Phi) is 6.48. The van der Waals surface area contributed by atoms with Crippen molar-refractivity contribution in [3.05, 3.63) is 42.9 Å². The van der Waals surface area contributed by atoms with Gasteiger partial charge in [-0.2, -0.15) is 0 Å². The zero-order valence-corrected chi connectivity index (χ0v) is 21.5. The van der Waals surface area contributed by atoms with Gasteiger partial charge >= 0.3 is 0 Å². The first-order chi connectivity index (χ1) is 18.0. The highest BCUT2D eigenvalue weighted by Gasteiger charge is 2.24. The lowest BCUT2D eigenvalue weighted by Gasteiger charge is -2.30. The van der Waals surface area contributed by atoms with Crippen LogP contribution in [0.1, 0.15) is 25.7 Å². The first kappa shape index (κ1) is 23.8. The third-order valence-electron chi connectivity index (χ3n) is 7.89. The van der Waals surface area contributed by atoms with Crippen LogP contribution in [0.15, 0.2) is 42.9 Å². The lowest BCUT2D eigenvalue weighted by molar-refractivity contribution is -0.121. The summed E-state index contributed by atoms with van der Waals surface area (Å²) in [5.74, 6) is 1.58. The van der Waals surface area contributed by atoms with Crippen LogP contribution in [0.4, 0.5) is 11.6 Å². The first-order valence-corrected chi connectivity index (χ1v) is 13.2. The number of anilines is 2. The van der Waals surface area contributed by atoms with Crippen molar-refractivity contribution in [1.82, 2.24) is 29.7 Å². The smallest absolute Gasteiger partial charge is 0.228 e. The Morgan fingerprint density at radius 2 is 1.70 bits per heavy atom. The molecule has 9 nitrogen and oxygen atoms in total. The second kappa shape index (κ2) is 10.1. The maximum Gasteiger partial charge on any atom is 0.228 e. The van der Waals surface area contributed by atoms with Gasteiger partial charge in [-0.05, 0) is 95.8 Å². The van der Waals surface area contributed by atoms with Gasteiger partial charge in [0.15, 0.2) is 0 Å². The molecule has 0 saturated carbocycles. The van der Waals surface area contributed by atoms with Crippen molar-refractivity contribution < 1.29 is 4.79 Å². The van der Waals surface area contributed by atoms with Crippen LogP contribution in [0.3, 0.4) is 0 Å². The van der Waals surface area contributed by atoms with E-state index in [1.165, 1.54) is 0 Å². The van der Waals surface area contributed by atoms with Gasteiger partial charge in [0, 0.05) is 34.5 Å². The molecule has 5 heterocycles. The van der Waals surface area contributed by atoms with Crippen LogP contribution in [-0.2, 0) is 4.79 Å². The summed E-state index contributed by atoms with van der Waals surface area (Å²) in [6.45, 7) is 4.09. The number of hydrogen-bond donors (Lipinski definition) is 3. The molecule has 1 aromatic carbocycles. The Balaban J connectivity index is 1.24. The average Bonchev–Trinajstić information content (AvgIpc) is 3.33. The molecule has 0 spiro atoms. The van der Waals surface area contributed by atoms with Crippen molar-refractivity contribution in [2.24, 2.45) is 5.92 Å². The van der Waals surface area contributed by atoms with Crippen molar-refractivity contribution in [2.75, 3.05) is 50.9 Å². The van der Waals surface area contributed by atoms with Gasteiger partial charge in [0.1, 0.15) is 23.6 Å². The molecule has 0 aliphatic carbocycles. The summed E-state index contributed by atoms with van der Waals surface area (Å²) in [6.07, 6.45) is 7.60. The fourth-order valence-electron chi connectivity index (χ4n) is 5.50. The molecule has 1 amide bonds. The first-order valence-electron chi connectivity index (χ1n) is 13.2. The molecule has 9 heteroatoms. The molecule has 192 valence electrons. The van der Waals surface area contributed by atoms with Crippen molar-refractivity contribution in [3.63, 3.8) is 0 Å². The van der Waals surface area contributed by atoms with E-state index in [9.17, 15) is 4.79 Å². The molecular weight excluding hydrogens is 464 g/mol. The van der Waals surface area contributed by atoms with Gasteiger partial charge in [0.2, 0.25) is 5.91 Å². The van der Waals surface area contributed by atoms with Gasteiger partial charge in [-0.3, -0.25) is 4.79 Å². The highest BCUT2D eigenvalue weighted by molar-refractivity contribution is 6.00. The number of H-pyrrole nitrogens is 1. The van der Waals surface area contributed by atoms with E-state index in [2.05, 4.69) is 67.7 Å². The van der Waals surface area contributed by atoms with Gasteiger partial charge in [-0.25, -0.2) is 15.0 Å². The number of aromatic nitrogens is 4. The number of nitrogens with one attached hydrogen (secondary N) is 3. The molecule has 6 rings (SSSR count). The van der Waals surface area contributed by atoms with Crippen LogP contribution in [0.2, 0.25) is 0 Å². The molecule has 4 aromatic rings. The normalized spacial score (nSPS) is 18.4. The minimum atomic E-state index is 0.0463. The SMILES string of the molecule is CN1CCC(Nc2ncnc3ccc(-c4c[nH]c5nc(NC(=O)C6CCN(C)CC6)ccc45)cc23)CC1. The summed E-state index contributed by atoms with van der Waals surface area (Å²) in [7, 11) is 4.27. The van der Waals surface area contributed by atoms with E-state index in [1.807, 2.05) is 18.3 Å². The number of piperidine rings is 2. The number of fused-ring (bicyclic) bond motifs is 2. The maximum absolute atomic E-state index is 12.8. The fraction of sp³-hybridized carbons (Fsp3) is 0.429. The van der Waals surface area contributed by atoms with E-state index >= 15 is 0 Å². The molecule has 2 saturated heterocycles. The Hall–Kier alpha value is -3.56. The lowest BCUT2D eigenvalue weighted by Crippen LogP contribution is -2.36. The van der Waals surface area contributed by atoms with E-state index in [0.29, 0.717) is 11.9 Å². The van der Waals surface area contributed by atoms with Crippen LogP contribution in [0, 0.1) is 5.92 Å². The van der Waals surface area contributed by atoms with Gasteiger partial charge < -0.3 is 25.4 Å². The molecule has 0 atom stereocenters. The van der Waals surface area contributed by atoms with Gasteiger partial charge in [0.25, 0.3) is 0 Å². The second-order valence-corrected chi connectivity index (χ2v) is 10.5. The van der Waals surface area contributed by atoms with Gasteiger partial charge in [-0.15, -0.1) is 0 Å². The number of hydrogen-bond acceptors (Lipinski definition) is 7. The van der Waals surface area contributed by atoms with Crippen LogP contribution < -0.4 is 10.6 Å². The predicted octanol–water partition coefficient (Wildman–Crippen LogP) is 3.96. The van der Waals surface area contributed by atoms with E-state index in [4.69, 9.17) is 4.98 Å². The molecule has 2 aliphatic rings. The van der Waals surface area contributed by atoms with Crippen LogP contribution >= 0.6 is 0 Å². The Labute approximate surface area is 216 Å². The zero-order chi connectivity index (χ0) is 25.4. The van der Waals surface area contributed by atoms with Crippen LogP contribution in [-0.4, -0.2) is 82.0 Å². The highest BCUT2D eigenvalue weighted by atomic mass is 16.1. The number of carbonyl (C=O) groups is 1. The van der Waals surface area contributed by atoms with E-state index in [-0.39, 0.29) is 11.8 Å². The molecule has 0 unspecified atom stereocenters. The topological polar surface area (TPSA) is 102 Å². The molecule has 3 N–H and O–H groups in total. The molecule has 0 bridgehead atoms. The average molecular weight is 499 g/mol. The van der Waals surface area contributed by atoms with E-state index in [0.717, 1.165) is 90.7 Å². The molecule has 0 radical (unpaired) electrons. The summed E-state index contributed by atoms with van der Waals surface area (Å²) in [5, 5.41) is 8.72. The number of nitrogens with zero attached hydrogens (tertiary/aromatic N) is 5. The summed E-state index contributed by atoms with van der Waals surface area (Å²) >= 11 is 0. The number of benzene rings is 1. The Bertz CT molecular complexity index is 1420. The molecule has 3 aromatic heterocycles. The number of carbonyl (C=O) groups excluding carboxylic acids is 1. The Morgan fingerprint density at radius 3 is 2.49 bits per heavy atom. The number of pyridine rings is 1. The third-order valence-corrected chi connectivity index (χ3v) is 7.89. The standard InChI is InChI=1S/C28H34N8O/c1-35-11-7-18(8-12-35)28(37)34-25-6-4-21-23(16-29-26(21)33-25)19-3-5-24-22(15-19)27(31-17-30-24)32-20-9-13-36(2)14-10-20/h3-6,15-18,20H,7-14H2,1-2H3,(H,30,31,32)(H2,29,33,34,37). The van der Waals surface area contributed by atoms with Crippen molar-refractivity contribution in [3.8, 4) is 11.1 Å². The lowest BCUT2D eigenvalue weighted by atomic mass is 9.96. The second-order valence-electron chi connectivity index (χ2n) is 10.5. The summed E-state index contributed by atoms with van der Waals surface area (Å²) in [4.78, 5) is 34.5. The monoisotopic (exact) mass is 498 g/mol. The zero-order valence-electron chi connectivity index (χ0n) is 21.5. The maximum atomic E-state index is 12.8. The molecular formula is C28H34N8O. The number of aromatic amines is 1. The fourth-order valence-corrected chi connectivity index (χ4v) is 5.50. The number of amides is 1. The largest absolute Gasteiger partial charge is 0.367 e. The Morgan fingerprint density at radius 1 is 0.946 bits per heavy atom. The summed E-state index contributed by atoms with van der Waals surface area (Å²) in [5.41, 5.74) is 3.81. The van der Waals surface area contributed by atoms with Crippen LogP contribution in [0.25, 0.3) is 33.1 Å².